The van der Waals surface area contributed by atoms with Crippen LogP contribution in [-0.4, -0.2) is 25.2 Å². The molecule has 31 heavy (non-hydrogen) atoms. The fraction of sp³-hybridized carbons (Fsp3) is 0.0952. The van der Waals surface area contributed by atoms with Crippen molar-refractivity contribution in [3.63, 3.8) is 0 Å². The lowest BCUT2D eigenvalue weighted by Gasteiger charge is -2.22. The Labute approximate surface area is 182 Å². The fourth-order valence-corrected chi connectivity index (χ4v) is 4.24. The van der Waals surface area contributed by atoms with Gasteiger partial charge < -0.3 is 5.32 Å². The van der Waals surface area contributed by atoms with Crippen LogP contribution in [0.25, 0.3) is 0 Å². The van der Waals surface area contributed by atoms with Crippen molar-refractivity contribution in [1.82, 2.24) is 4.31 Å². The third-order valence-electron chi connectivity index (χ3n) is 4.27. The summed E-state index contributed by atoms with van der Waals surface area (Å²) < 4.78 is 67.9. The Balaban J connectivity index is 1.90. The molecule has 1 N–H and O–H groups in total. The predicted molar refractivity (Wildman–Crippen MR) is 110 cm³/mol. The van der Waals surface area contributed by atoms with Crippen LogP contribution >= 0.6 is 11.6 Å². The van der Waals surface area contributed by atoms with E-state index < -0.39 is 45.6 Å². The number of anilines is 1. The summed E-state index contributed by atoms with van der Waals surface area (Å²) in [5.41, 5.74) is -0.276. The summed E-state index contributed by atoms with van der Waals surface area (Å²) in [5.74, 6) is -3.47. The van der Waals surface area contributed by atoms with E-state index in [1.807, 2.05) is 0 Å². The van der Waals surface area contributed by atoms with Crippen molar-refractivity contribution in [3.05, 3.63) is 94.8 Å². The molecule has 0 saturated carbocycles. The molecule has 0 radical (unpaired) electrons. The molecular formula is C21H16ClF3N2O3S. The van der Waals surface area contributed by atoms with Gasteiger partial charge in [-0.1, -0.05) is 29.8 Å². The number of benzene rings is 3. The van der Waals surface area contributed by atoms with E-state index in [2.05, 4.69) is 5.32 Å². The van der Waals surface area contributed by atoms with E-state index in [9.17, 15) is 26.4 Å². The molecule has 10 heteroatoms. The van der Waals surface area contributed by atoms with Gasteiger partial charge in [-0.15, -0.1) is 0 Å². The van der Waals surface area contributed by atoms with Crippen molar-refractivity contribution in [2.45, 2.75) is 11.4 Å². The average molecular weight is 469 g/mol. The summed E-state index contributed by atoms with van der Waals surface area (Å²) >= 11 is 5.81. The number of carbonyl (C=O) groups is 1. The second-order valence-electron chi connectivity index (χ2n) is 6.50. The van der Waals surface area contributed by atoms with Gasteiger partial charge in [-0.3, -0.25) is 4.79 Å². The summed E-state index contributed by atoms with van der Waals surface area (Å²) in [5, 5.41) is 2.38. The molecule has 0 saturated heterocycles. The first-order valence-electron chi connectivity index (χ1n) is 8.91. The Hall–Kier alpha value is -2.88. The third-order valence-corrected chi connectivity index (χ3v) is 6.33. The molecule has 0 bridgehead atoms. The molecule has 0 heterocycles. The first-order valence-corrected chi connectivity index (χ1v) is 10.7. The Bertz CT molecular complexity index is 1170. The minimum atomic E-state index is -4.20. The van der Waals surface area contributed by atoms with Gasteiger partial charge >= 0.3 is 0 Å². The second kappa shape index (κ2) is 9.51. The van der Waals surface area contributed by atoms with Gasteiger partial charge in [0.15, 0.2) is 0 Å². The molecule has 0 aliphatic heterocycles. The van der Waals surface area contributed by atoms with Crippen LogP contribution in [0.3, 0.4) is 0 Å². The molecule has 0 fully saturated rings. The maximum Gasteiger partial charge on any atom is 0.243 e. The van der Waals surface area contributed by atoms with E-state index in [4.69, 9.17) is 11.6 Å². The van der Waals surface area contributed by atoms with Gasteiger partial charge in [0.25, 0.3) is 0 Å². The lowest BCUT2D eigenvalue weighted by atomic mass is 10.2. The van der Waals surface area contributed by atoms with E-state index in [1.165, 1.54) is 36.4 Å². The van der Waals surface area contributed by atoms with E-state index in [-0.39, 0.29) is 11.4 Å². The van der Waals surface area contributed by atoms with Crippen molar-refractivity contribution in [1.29, 1.82) is 0 Å². The number of halogens is 4. The highest BCUT2D eigenvalue weighted by Gasteiger charge is 2.27. The maximum atomic E-state index is 13.8. The quantitative estimate of drug-likeness (QED) is 0.551. The van der Waals surface area contributed by atoms with Crippen molar-refractivity contribution in [3.8, 4) is 0 Å². The van der Waals surface area contributed by atoms with Gasteiger partial charge in [0.05, 0.1) is 11.4 Å². The summed E-state index contributed by atoms with van der Waals surface area (Å²) in [4.78, 5) is 12.3. The number of para-hydroxylation sites is 1. The minimum Gasteiger partial charge on any atom is -0.320 e. The van der Waals surface area contributed by atoms with E-state index in [0.717, 1.165) is 34.6 Å². The van der Waals surface area contributed by atoms with Gasteiger partial charge in [-0.25, -0.2) is 21.6 Å². The Morgan fingerprint density at radius 1 is 0.903 bits per heavy atom. The topological polar surface area (TPSA) is 66.5 Å². The SMILES string of the molecule is O=C(CN(Cc1ccc(F)cc1)S(=O)(=O)c1ccc(Cl)cc1)Nc1c(F)cccc1F. The number of hydrogen-bond donors (Lipinski definition) is 1. The van der Waals surface area contributed by atoms with Gasteiger partial charge in [0.2, 0.25) is 15.9 Å². The van der Waals surface area contributed by atoms with Gasteiger partial charge in [0, 0.05) is 11.6 Å². The van der Waals surface area contributed by atoms with Crippen molar-refractivity contribution in [2.75, 3.05) is 11.9 Å². The zero-order chi connectivity index (χ0) is 22.6. The Morgan fingerprint density at radius 3 is 2.06 bits per heavy atom. The molecule has 3 rings (SSSR count). The second-order valence-corrected chi connectivity index (χ2v) is 8.87. The van der Waals surface area contributed by atoms with E-state index in [1.54, 1.807) is 0 Å². The number of amides is 1. The maximum absolute atomic E-state index is 13.8. The highest BCUT2D eigenvalue weighted by molar-refractivity contribution is 7.89. The molecule has 0 aliphatic rings. The molecule has 0 aliphatic carbocycles. The molecule has 3 aromatic carbocycles. The van der Waals surface area contributed by atoms with Gasteiger partial charge in [-0.2, -0.15) is 4.31 Å². The zero-order valence-electron chi connectivity index (χ0n) is 15.9. The zero-order valence-corrected chi connectivity index (χ0v) is 17.4. The number of sulfonamides is 1. The number of rotatable bonds is 7. The molecule has 1 amide bonds. The number of nitrogens with zero attached hydrogens (tertiary/aromatic N) is 1. The molecule has 0 atom stereocenters. The van der Waals surface area contributed by atoms with Crippen LogP contribution in [0.1, 0.15) is 5.56 Å². The average Bonchev–Trinajstić information content (AvgIpc) is 2.72. The van der Waals surface area contributed by atoms with E-state index >= 15 is 0 Å². The standard InChI is InChI=1S/C21H16ClF3N2O3S/c22-15-6-10-17(11-7-15)31(29,30)27(12-14-4-8-16(23)9-5-14)13-20(28)26-21-18(24)2-1-3-19(21)25/h1-11H,12-13H2,(H,26,28). The Kier molecular flexibility index (Phi) is 6.99. The van der Waals surface area contributed by atoms with Crippen molar-refractivity contribution >= 4 is 33.2 Å². The summed E-state index contributed by atoms with van der Waals surface area (Å²) in [6.45, 7) is -1.02. The van der Waals surface area contributed by atoms with E-state index in [0.29, 0.717) is 10.6 Å². The minimum absolute atomic E-state index is 0.135. The number of hydrogen-bond acceptors (Lipinski definition) is 3. The number of nitrogens with one attached hydrogen (secondary N) is 1. The van der Waals surface area contributed by atoms with Crippen LogP contribution in [0.15, 0.2) is 71.6 Å². The van der Waals surface area contributed by atoms with Crippen LogP contribution in [0.2, 0.25) is 5.02 Å². The normalized spacial score (nSPS) is 11.5. The highest BCUT2D eigenvalue weighted by atomic mass is 35.5. The predicted octanol–water partition coefficient (Wildman–Crippen LogP) is 4.59. The molecule has 3 aromatic rings. The molecule has 5 nitrogen and oxygen atoms in total. The molecule has 0 spiro atoms. The van der Waals surface area contributed by atoms with Crippen LogP contribution in [0.5, 0.6) is 0 Å². The monoisotopic (exact) mass is 468 g/mol. The Morgan fingerprint density at radius 2 is 1.48 bits per heavy atom. The molecular weight excluding hydrogens is 453 g/mol. The van der Waals surface area contributed by atoms with Gasteiger partial charge in [0.1, 0.15) is 23.1 Å². The summed E-state index contributed by atoms with van der Waals surface area (Å²) in [6.07, 6.45) is 0. The van der Waals surface area contributed by atoms with Gasteiger partial charge in [-0.05, 0) is 54.1 Å². The van der Waals surface area contributed by atoms with Crippen LogP contribution in [0, 0.1) is 17.5 Å². The fourth-order valence-electron chi connectivity index (χ4n) is 2.73. The van der Waals surface area contributed by atoms with Crippen molar-refractivity contribution in [2.24, 2.45) is 0 Å². The van der Waals surface area contributed by atoms with Crippen molar-refractivity contribution < 1.29 is 26.4 Å². The first-order chi connectivity index (χ1) is 14.7. The molecule has 0 unspecified atom stereocenters. The highest BCUT2D eigenvalue weighted by Crippen LogP contribution is 2.22. The summed E-state index contributed by atoms with van der Waals surface area (Å²) in [6, 6.07) is 13.4. The summed E-state index contributed by atoms with van der Waals surface area (Å²) in [7, 11) is -4.20. The van der Waals surface area contributed by atoms with Crippen LogP contribution in [-0.2, 0) is 21.4 Å². The van der Waals surface area contributed by atoms with Crippen LogP contribution in [0.4, 0.5) is 18.9 Å². The lowest BCUT2D eigenvalue weighted by molar-refractivity contribution is -0.116. The third kappa shape index (κ3) is 5.63. The number of carbonyl (C=O) groups excluding carboxylic acids is 1. The smallest absolute Gasteiger partial charge is 0.243 e. The van der Waals surface area contributed by atoms with Crippen LogP contribution < -0.4 is 5.32 Å². The lowest BCUT2D eigenvalue weighted by Crippen LogP contribution is -2.37. The first kappa shape index (κ1) is 22.8. The largest absolute Gasteiger partial charge is 0.320 e. The molecule has 0 aromatic heterocycles. The molecule has 162 valence electrons.